The molecule has 6 heteroatoms. The van der Waals surface area contributed by atoms with E-state index in [1.54, 1.807) is 31.4 Å². The van der Waals surface area contributed by atoms with Crippen LogP contribution in [0.4, 0.5) is 11.4 Å². The number of hydrogen-bond donors (Lipinski definition) is 2. The van der Waals surface area contributed by atoms with E-state index in [1.165, 1.54) is 15.6 Å². The Balaban J connectivity index is 2.37. The highest BCUT2D eigenvalue weighted by atomic mass is 16.3. The van der Waals surface area contributed by atoms with E-state index in [0.29, 0.717) is 17.9 Å². The average molecular weight is 260 g/mol. The van der Waals surface area contributed by atoms with Crippen LogP contribution in [0.25, 0.3) is 0 Å². The summed E-state index contributed by atoms with van der Waals surface area (Å²) in [6, 6.07) is 6.51. The van der Waals surface area contributed by atoms with Crippen molar-refractivity contribution in [2.45, 2.75) is 6.92 Å². The maximum atomic E-state index is 12.4. The summed E-state index contributed by atoms with van der Waals surface area (Å²) in [5, 5.41) is 13.6. The number of nitrogens with two attached hydrogens (primary N) is 1. The first-order valence-corrected chi connectivity index (χ1v) is 5.93. The average Bonchev–Trinajstić information content (AvgIpc) is 2.69. The van der Waals surface area contributed by atoms with Crippen molar-refractivity contribution in [3.63, 3.8) is 0 Å². The monoisotopic (exact) mass is 260 g/mol. The van der Waals surface area contributed by atoms with Gasteiger partial charge in [0.25, 0.3) is 5.91 Å². The van der Waals surface area contributed by atoms with Crippen LogP contribution in [0.5, 0.6) is 5.75 Å². The summed E-state index contributed by atoms with van der Waals surface area (Å²) in [7, 11) is 1.71. The molecule has 1 heterocycles. The molecule has 6 nitrogen and oxygen atoms in total. The molecular weight excluding hydrogens is 244 g/mol. The van der Waals surface area contributed by atoms with E-state index in [9.17, 15) is 9.90 Å². The summed E-state index contributed by atoms with van der Waals surface area (Å²) in [4.78, 5) is 13.9. The van der Waals surface area contributed by atoms with Gasteiger partial charge in [0, 0.05) is 31.5 Å². The number of nitrogens with zero attached hydrogens (tertiary/aromatic N) is 3. The van der Waals surface area contributed by atoms with Crippen molar-refractivity contribution in [1.82, 2.24) is 9.78 Å². The Labute approximate surface area is 111 Å². The van der Waals surface area contributed by atoms with Crippen LogP contribution < -0.4 is 10.6 Å². The van der Waals surface area contributed by atoms with Crippen LogP contribution in [0.3, 0.4) is 0 Å². The molecule has 1 amide bonds. The van der Waals surface area contributed by atoms with Gasteiger partial charge in [0.05, 0.1) is 5.69 Å². The number of rotatable bonds is 3. The number of aromatic hydroxyl groups is 1. The molecule has 0 fully saturated rings. The minimum absolute atomic E-state index is 0.109. The zero-order chi connectivity index (χ0) is 14.0. The molecule has 0 unspecified atom stereocenters. The lowest BCUT2D eigenvalue weighted by molar-refractivity contribution is 0.0983. The van der Waals surface area contributed by atoms with E-state index in [1.807, 2.05) is 6.92 Å². The van der Waals surface area contributed by atoms with Gasteiger partial charge in [0.1, 0.15) is 5.75 Å². The molecule has 0 aliphatic heterocycles. The Kier molecular flexibility index (Phi) is 3.41. The van der Waals surface area contributed by atoms with E-state index in [0.717, 1.165) is 0 Å². The van der Waals surface area contributed by atoms with Gasteiger partial charge in [0.2, 0.25) is 0 Å². The number of carbonyl (C=O) groups is 1. The zero-order valence-corrected chi connectivity index (χ0v) is 10.9. The number of phenolic OH excluding ortho intramolecular Hbond substituents is 1. The second-order valence-corrected chi connectivity index (χ2v) is 4.18. The van der Waals surface area contributed by atoms with Gasteiger partial charge in [-0.3, -0.25) is 9.48 Å². The largest absolute Gasteiger partial charge is 0.508 e. The molecule has 100 valence electrons. The molecule has 0 saturated heterocycles. The number of benzene rings is 1. The lowest BCUT2D eigenvalue weighted by Gasteiger charge is -2.20. The number of anilines is 2. The first-order valence-electron chi connectivity index (χ1n) is 5.93. The fourth-order valence-corrected chi connectivity index (χ4v) is 1.91. The topological polar surface area (TPSA) is 84.4 Å². The van der Waals surface area contributed by atoms with Gasteiger partial charge in [-0.15, -0.1) is 0 Å². The van der Waals surface area contributed by atoms with Crippen LogP contribution in [0.2, 0.25) is 0 Å². The summed E-state index contributed by atoms with van der Waals surface area (Å²) in [6.07, 6.45) is 1.59. The highest BCUT2D eigenvalue weighted by molar-refractivity contribution is 6.07. The van der Waals surface area contributed by atoms with Crippen molar-refractivity contribution in [3.8, 4) is 5.75 Å². The molecule has 3 N–H and O–H groups in total. The third-order valence-electron chi connectivity index (χ3n) is 2.76. The molecule has 1 aromatic heterocycles. The van der Waals surface area contributed by atoms with E-state index < -0.39 is 0 Å². The van der Waals surface area contributed by atoms with Crippen LogP contribution >= 0.6 is 0 Å². The van der Waals surface area contributed by atoms with Crippen molar-refractivity contribution < 1.29 is 9.90 Å². The maximum absolute atomic E-state index is 12.4. The van der Waals surface area contributed by atoms with Crippen molar-refractivity contribution >= 4 is 17.3 Å². The number of carbonyl (C=O) groups excluding carboxylic acids is 1. The minimum Gasteiger partial charge on any atom is -0.508 e. The van der Waals surface area contributed by atoms with Gasteiger partial charge in [-0.2, -0.15) is 5.10 Å². The molecule has 0 spiro atoms. The molecule has 0 bridgehead atoms. The van der Waals surface area contributed by atoms with Crippen molar-refractivity contribution in [2.75, 3.05) is 17.2 Å². The lowest BCUT2D eigenvalue weighted by atomic mass is 10.2. The van der Waals surface area contributed by atoms with Crippen LogP contribution in [-0.4, -0.2) is 27.3 Å². The van der Waals surface area contributed by atoms with E-state index in [2.05, 4.69) is 5.10 Å². The third-order valence-corrected chi connectivity index (χ3v) is 2.76. The maximum Gasteiger partial charge on any atom is 0.280 e. The standard InChI is InChI=1S/C13H16N4O2/c1-3-17(9-5-4-6-10(18)7-9)13(19)12-11(14)8-16(2)15-12/h4-8,18H,3,14H2,1-2H3. The number of nitrogen functional groups attached to an aromatic ring is 1. The highest BCUT2D eigenvalue weighted by Gasteiger charge is 2.21. The number of aromatic nitrogens is 2. The molecule has 2 aromatic rings. The molecule has 1 aromatic carbocycles. The number of amides is 1. The Morgan fingerprint density at radius 2 is 2.26 bits per heavy atom. The van der Waals surface area contributed by atoms with Crippen LogP contribution in [0, 0.1) is 0 Å². The molecule has 19 heavy (non-hydrogen) atoms. The van der Waals surface area contributed by atoms with E-state index in [-0.39, 0.29) is 17.4 Å². The quantitative estimate of drug-likeness (QED) is 0.873. The van der Waals surface area contributed by atoms with Crippen molar-refractivity contribution in [2.24, 2.45) is 7.05 Å². The van der Waals surface area contributed by atoms with Crippen molar-refractivity contribution in [3.05, 3.63) is 36.2 Å². The summed E-state index contributed by atoms with van der Waals surface area (Å²) in [5.41, 5.74) is 6.93. The summed E-state index contributed by atoms with van der Waals surface area (Å²) < 4.78 is 1.50. The predicted octanol–water partition coefficient (Wildman–Crippen LogP) is 1.37. The Morgan fingerprint density at radius 3 is 2.79 bits per heavy atom. The number of hydrogen-bond acceptors (Lipinski definition) is 4. The van der Waals surface area contributed by atoms with Crippen LogP contribution in [-0.2, 0) is 7.05 Å². The number of aryl methyl sites for hydroxylation is 1. The fraction of sp³-hybridized carbons (Fsp3) is 0.231. The fourth-order valence-electron chi connectivity index (χ4n) is 1.91. The molecule has 2 rings (SSSR count). The SMILES string of the molecule is CCN(C(=O)c1nn(C)cc1N)c1cccc(O)c1. The van der Waals surface area contributed by atoms with E-state index >= 15 is 0 Å². The molecule has 0 atom stereocenters. The molecular formula is C13H16N4O2. The van der Waals surface area contributed by atoms with Gasteiger partial charge < -0.3 is 15.7 Å². The smallest absolute Gasteiger partial charge is 0.280 e. The van der Waals surface area contributed by atoms with Crippen LogP contribution in [0.15, 0.2) is 30.5 Å². The predicted molar refractivity (Wildman–Crippen MR) is 73.1 cm³/mol. The van der Waals surface area contributed by atoms with Gasteiger partial charge in [-0.25, -0.2) is 0 Å². The lowest BCUT2D eigenvalue weighted by Crippen LogP contribution is -2.31. The molecule has 0 aliphatic carbocycles. The molecule has 0 radical (unpaired) electrons. The highest BCUT2D eigenvalue weighted by Crippen LogP contribution is 2.22. The zero-order valence-electron chi connectivity index (χ0n) is 10.9. The van der Waals surface area contributed by atoms with Gasteiger partial charge in [0.15, 0.2) is 5.69 Å². The van der Waals surface area contributed by atoms with Gasteiger partial charge in [-0.1, -0.05) is 6.07 Å². The minimum atomic E-state index is -0.286. The van der Waals surface area contributed by atoms with Gasteiger partial charge in [-0.05, 0) is 19.1 Å². The first-order chi connectivity index (χ1) is 9.02. The summed E-state index contributed by atoms with van der Waals surface area (Å²) in [6.45, 7) is 2.30. The second-order valence-electron chi connectivity index (χ2n) is 4.18. The second kappa shape index (κ2) is 5.01. The summed E-state index contributed by atoms with van der Waals surface area (Å²) >= 11 is 0. The Hall–Kier alpha value is -2.50. The Bertz CT molecular complexity index is 606. The molecule has 0 aliphatic rings. The first kappa shape index (κ1) is 12.9. The third kappa shape index (κ3) is 2.52. The van der Waals surface area contributed by atoms with Crippen molar-refractivity contribution in [1.29, 1.82) is 0 Å². The summed E-state index contributed by atoms with van der Waals surface area (Å²) in [5.74, 6) is -0.177. The van der Waals surface area contributed by atoms with Crippen LogP contribution in [0.1, 0.15) is 17.4 Å². The number of phenols is 1. The normalized spacial score (nSPS) is 10.4. The Morgan fingerprint density at radius 1 is 1.53 bits per heavy atom. The van der Waals surface area contributed by atoms with Gasteiger partial charge >= 0.3 is 0 Å². The van der Waals surface area contributed by atoms with E-state index in [4.69, 9.17) is 5.73 Å². The molecule has 0 saturated carbocycles.